The predicted octanol–water partition coefficient (Wildman–Crippen LogP) is 3.17. The van der Waals surface area contributed by atoms with E-state index in [0.29, 0.717) is 33.5 Å². The summed E-state index contributed by atoms with van der Waals surface area (Å²) in [6.45, 7) is 4.09. The third-order valence-corrected chi connectivity index (χ3v) is 6.62. The summed E-state index contributed by atoms with van der Waals surface area (Å²) in [5.41, 5.74) is 10.3. The van der Waals surface area contributed by atoms with E-state index in [1.54, 1.807) is 36.5 Å². The number of rotatable bonds is 6. The van der Waals surface area contributed by atoms with Gasteiger partial charge in [0.15, 0.2) is 5.78 Å². The number of nitrogens with zero attached hydrogens (tertiary/aromatic N) is 2. The molecular formula is C28H27N5O3. The summed E-state index contributed by atoms with van der Waals surface area (Å²) < 4.78 is 0. The molecule has 2 heterocycles. The Hall–Kier alpha value is -4.43. The van der Waals surface area contributed by atoms with Crippen molar-refractivity contribution in [3.63, 3.8) is 0 Å². The molecule has 8 heteroatoms. The lowest BCUT2D eigenvalue weighted by Crippen LogP contribution is -2.44. The maximum Gasteiger partial charge on any atom is 0.257 e. The maximum atomic E-state index is 13.0. The summed E-state index contributed by atoms with van der Waals surface area (Å²) in [6, 6.07) is 19.5. The van der Waals surface area contributed by atoms with E-state index in [9.17, 15) is 14.4 Å². The molecule has 5 rings (SSSR count). The van der Waals surface area contributed by atoms with Crippen molar-refractivity contribution in [3.8, 4) is 0 Å². The SMILES string of the molecule is CN1CCN(c2ccc(NC=C3C(=O)Nc4ccc(C(=O)c5ccc(C(N)=O)cc5)cc43)cc2)CC1. The number of carbonyl (C=O) groups excluding carboxylic acids is 3. The lowest BCUT2D eigenvalue weighted by Gasteiger charge is -2.34. The molecule has 0 bridgehead atoms. The molecule has 2 aliphatic heterocycles. The minimum atomic E-state index is -0.549. The second-order valence-electron chi connectivity index (χ2n) is 9.02. The number of nitrogens with two attached hydrogens (primary N) is 1. The Morgan fingerprint density at radius 1 is 0.889 bits per heavy atom. The molecular weight excluding hydrogens is 454 g/mol. The van der Waals surface area contributed by atoms with E-state index in [2.05, 4.69) is 39.6 Å². The molecule has 3 aromatic carbocycles. The maximum absolute atomic E-state index is 13.0. The van der Waals surface area contributed by atoms with Crippen molar-refractivity contribution in [2.45, 2.75) is 0 Å². The van der Waals surface area contributed by atoms with Crippen LogP contribution in [-0.2, 0) is 4.79 Å². The van der Waals surface area contributed by atoms with Gasteiger partial charge in [-0.25, -0.2) is 0 Å². The van der Waals surface area contributed by atoms with Crippen LogP contribution in [0.2, 0.25) is 0 Å². The van der Waals surface area contributed by atoms with E-state index < -0.39 is 5.91 Å². The lowest BCUT2D eigenvalue weighted by molar-refractivity contribution is -0.110. The Labute approximate surface area is 209 Å². The Balaban J connectivity index is 1.33. The smallest absolute Gasteiger partial charge is 0.257 e. The highest BCUT2D eigenvalue weighted by molar-refractivity contribution is 6.32. The molecule has 0 unspecified atom stereocenters. The first-order valence-electron chi connectivity index (χ1n) is 11.8. The number of likely N-dealkylation sites (N-methyl/N-ethyl adjacent to an activating group) is 1. The second-order valence-corrected chi connectivity index (χ2v) is 9.02. The molecule has 3 aromatic rings. The van der Waals surface area contributed by atoms with Gasteiger partial charge in [0.1, 0.15) is 0 Å². The minimum Gasteiger partial charge on any atom is -0.369 e. The van der Waals surface area contributed by atoms with Crippen LogP contribution in [0.15, 0.2) is 72.9 Å². The van der Waals surface area contributed by atoms with Gasteiger partial charge in [-0.2, -0.15) is 0 Å². The van der Waals surface area contributed by atoms with Crippen LogP contribution in [-0.4, -0.2) is 55.7 Å². The van der Waals surface area contributed by atoms with Gasteiger partial charge in [-0.3, -0.25) is 14.4 Å². The molecule has 0 atom stereocenters. The number of amides is 2. The molecule has 36 heavy (non-hydrogen) atoms. The van der Waals surface area contributed by atoms with Gasteiger partial charge in [0.2, 0.25) is 5.91 Å². The quantitative estimate of drug-likeness (QED) is 0.369. The third kappa shape index (κ3) is 4.71. The first-order chi connectivity index (χ1) is 17.4. The zero-order valence-corrected chi connectivity index (χ0v) is 20.0. The van der Waals surface area contributed by atoms with Gasteiger partial charge in [0.05, 0.1) is 5.57 Å². The van der Waals surface area contributed by atoms with Gasteiger partial charge < -0.3 is 26.2 Å². The average molecular weight is 482 g/mol. The van der Waals surface area contributed by atoms with E-state index >= 15 is 0 Å². The van der Waals surface area contributed by atoms with Crippen LogP contribution in [0, 0.1) is 0 Å². The standard InChI is InChI=1S/C28H27N5O3/c1-32-12-14-33(15-13-32)22-9-7-21(8-10-22)30-17-24-23-16-20(6-11-25(23)31-28(24)36)26(34)18-2-4-19(5-3-18)27(29)35/h2-11,16-17,30H,12-15H2,1H3,(H2,29,35)(H,31,36). The van der Waals surface area contributed by atoms with Crippen LogP contribution in [0.1, 0.15) is 31.8 Å². The first-order valence-corrected chi connectivity index (χ1v) is 11.8. The van der Waals surface area contributed by atoms with Crippen molar-refractivity contribution < 1.29 is 14.4 Å². The van der Waals surface area contributed by atoms with E-state index in [-0.39, 0.29) is 11.7 Å². The number of hydrogen-bond donors (Lipinski definition) is 3. The van der Waals surface area contributed by atoms with Crippen LogP contribution < -0.4 is 21.3 Å². The van der Waals surface area contributed by atoms with Gasteiger partial charge in [0.25, 0.3) is 5.91 Å². The van der Waals surface area contributed by atoms with E-state index in [4.69, 9.17) is 5.73 Å². The van der Waals surface area contributed by atoms with Crippen molar-refractivity contribution >= 4 is 40.2 Å². The van der Waals surface area contributed by atoms with Crippen LogP contribution in [0.3, 0.4) is 0 Å². The summed E-state index contributed by atoms with van der Waals surface area (Å²) in [5.74, 6) is -0.991. The molecule has 2 aliphatic rings. The summed E-state index contributed by atoms with van der Waals surface area (Å²) in [7, 11) is 2.14. The van der Waals surface area contributed by atoms with E-state index in [1.165, 1.54) is 17.8 Å². The first kappa shape index (κ1) is 23.3. The number of fused-ring (bicyclic) bond motifs is 1. The fraction of sp³-hybridized carbons (Fsp3) is 0.179. The molecule has 4 N–H and O–H groups in total. The number of primary amides is 1. The average Bonchev–Trinajstić information content (AvgIpc) is 3.22. The van der Waals surface area contributed by atoms with Crippen LogP contribution in [0.5, 0.6) is 0 Å². The Bertz CT molecular complexity index is 1350. The minimum absolute atomic E-state index is 0.208. The molecule has 0 aliphatic carbocycles. The van der Waals surface area contributed by atoms with Gasteiger partial charge in [-0.15, -0.1) is 0 Å². The van der Waals surface area contributed by atoms with Gasteiger partial charge in [0, 0.05) is 71.7 Å². The van der Waals surface area contributed by atoms with Crippen LogP contribution >= 0.6 is 0 Å². The number of benzene rings is 3. The Morgan fingerprint density at radius 2 is 1.53 bits per heavy atom. The van der Waals surface area contributed by atoms with Crippen molar-refractivity contribution in [2.75, 3.05) is 48.8 Å². The molecule has 1 fully saturated rings. The van der Waals surface area contributed by atoms with Crippen molar-refractivity contribution in [3.05, 3.63) is 95.2 Å². The van der Waals surface area contributed by atoms with Gasteiger partial charge in [-0.1, -0.05) is 12.1 Å². The molecule has 0 saturated carbocycles. The molecule has 8 nitrogen and oxygen atoms in total. The molecule has 2 amide bonds. The normalized spacial score (nSPS) is 16.5. The summed E-state index contributed by atoms with van der Waals surface area (Å²) in [6.07, 6.45) is 1.67. The topological polar surface area (TPSA) is 108 Å². The fourth-order valence-corrected chi connectivity index (χ4v) is 4.41. The fourth-order valence-electron chi connectivity index (χ4n) is 4.41. The highest BCUT2D eigenvalue weighted by Crippen LogP contribution is 2.33. The highest BCUT2D eigenvalue weighted by atomic mass is 16.2. The largest absolute Gasteiger partial charge is 0.369 e. The third-order valence-electron chi connectivity index (χ3n) is 6.62. The molecule has 0 aromatic heterocycles. The number of ketones is 1. The van der Waals surface area contributed by atoms with Gasteiger partial charge in [-0.05, 0) is 61.6 Å². The number of anilines is 3. The number of hydrogen-bond acceptors (Lipinski definition) is 6. The molecule has 1 saturated heterocycles. The molecule has 0 radical (unpaired) electrons. The number of carbonyl (C=O) groups is 3. The van der Waals surface area contributed by atoms with Crippen LogP contribution in [0.4, 0.5) is 17.1 Å². The van der Waals surface area contributed by atoms with Gasteiger partial charge >= 0.3 is 0 Å². The molecule has 0 spiro atoms. The number of piperazine rings is 1. The van der Waals surface area contributed by atoms with E-state index in [1.807, 2.05) is 12.1 Å². The van der Waals surface area contributed by atoms with Crippen molar-refractivity contribution in [2.24, 2.45) is 5.73 Å². The zero-order chi connectivity index (χ0) is 25.2. The predicted molar refractivity (Wildman–Crippen MR) is 141 cm³/mol. The Morgan fingerprint density at radius 3 is 2.19 bits per heavy atom. The highest BCUT2D eigenvalue weighted by Gasteiger charge is 2.25. The number of nitrogens with one attached hydrogen (secondary N) is 2. The lowest BCUT2D eigenvalue weighted by atomic mass is 9.98. The summed E-state index contributed by atoms with van der Waals surface area (Å²) in [5, 5.41) is 6.06. The van der Waals surface area contributed by atoms with E-state index in [0.717, 1.165) is 31.9 Å². The molecule has 182 valence electrons. The van der Waals surface area contributed by atoms with Crippen molar-refractivity contribution in [1.29, 1.82) is 0 Å². The van der Waals surface area contributed by atoms with Crippen molar-refractivity contribution in [1.82, 2.24) is 4.90 Å². The Kier molecular flexibility index (Phi) is 6.26. The summed E-state index contributed by atoms with van der Waals surface area (Å²) >= 11 is 0. The second kappa shape index (κ2) is 9.67. The summed E-state index contributed by atoms with van der Waals surface area (Å²) in [4.78, 5) is 41.6. The zero-order valence-electron chi connectivity index (χ0n) is 20.0. The monoisotopic (exact) mass is 481 g/mol. The van der Waals surface area contributed by atoms with Crippen LogP contribution in [0.25, 0.3) is 5.57 Å².